The molecule has 56 heavy (non-hydrogen) atoms. The highest BCUT2D eigenvalue weighted by Gasteiger charge is 2.16. The van der Waals surface area contributed by atoms with Crippen LogP contribution in [0.1, 0.15) is 0 Å². The van der Waals surface area contributed by atoms with Gasteiger partial charge >= 0.3 is 0 Å². The molecule has 0 atom stereocenters. The lowest BCUT2D eigenvalue weighted by molar-refractivity contribution is 0.670. The Morgan fingerprint density at radius 3 is 1.50 bits per heavy atom. The van der Waals surface area contributed by atoms with E-state index in [9.17, 15) is 0 Å². The van der Waals surface area contributed by atoms with Crippen LogP contribution in [0.3, 0.4) is 0 Å². The molecule has 10 aromatic carbocycles. The summed E-state index contributed by atoms with van der Waals surface area (Å²) in [4.78, 5) is 0. The molecule has 0 aliphatic carbocycles. The van der Waals surface area contributed by atoms with Crippen LogP contribution >= 0.6 is 11.3 Å². The lowest BCUT2D eigenvalue weighted by Gasteiger charge is -2.14. The van der Waals surface area contributed by atoms with Crippen molar-refractivity contribution in [2.45, 2.75) is 0 Å². The van der Waals surface area contributed by atoms with Crippen molar-refractivity contribution < 1.29 is 4.42 Å². The van der Waals surface area contributed by atoms with Crippen LogP contribution in [-0.4, -0.2) is 0 Å². The van der Waals surface area contributed by atoms with E-state index in [2.05, 4.69) is 182 Å². The van der Waals surface area contributed by atoms with E-state index in [0.717, 1.165) is 33.1 Å². The minimum atomic E-state index is 0.917. The van der Waals surface area contributed by atoms with Crippen molar-refractivity contribution in [1.29, 1.82) is 0 Å². The molecule has 1 nitrogen and oxygen atoms in total. The van der Waals surface area contributed by atoms with Crippen molar-refractivity contribution in [3.63, 3.8) is 0 Å². The molecule has 0 aliphatic rings. The lowest BCUT2D eigenvalue weighted by atomic mass is 9.89. The summed E-state index contributed by atoms with van der Waals surface area (Å²) in [5.74, 6) is 0. The van der Waals surface area contributed by atoms with Crippen LogP contribution in [0.2, 0.25) is 0 Å². The molecule has 2 aromatic heterocycles. The van der Waals surface area contributed by atoms with Gasteiger partial charge in [0.1, 0.15) is 11.2 Å². The van der Waals surface area contributed by atoms with Gasteiger partial charge in [0.2, 0.25) is 0 Å². The smallest absolute Gasteiger partial charge is 0.143 e. The van der Waals surface area contributed by atoms with Crippen LogP contribution in [0, 0.1) is 0 Å². The third-order valence-corrected chi connectivity index (χ3v) is 12.9. The van der Waals surface area contributed by atoms with Gasteiger partial charge in [0, 0.05) is 36.5 Å². The Morgan fingerprint density at radius 1 is 0.286 bits per heavy atom. The Kier molecular flexibility index (Phi) is 6.87. The Balaban J connectivity index is 0.990. The molecular weight excluding hydrogens is 697 g/mol. The van der Waals surface area contributed by atoms with Gasteiger partial charge in [0.05, 0.1) is 0 Å². The number of hydrogen-bond acceptors (Lipinski definition) is 2. The summed E-state index contributed by atoms with van der Waals surface area (Å²) in [6.07, 6.45) is 0. The van der Waals surface area contributed by atoms with E-state index < -0.39 is 0 Å². The molecular formula is C54H32OS. The minimum absolute atomic E-state index is 0.917. The molecule has 12 aromatic rings. The molecule has 12 rings (SSSR count). The summed E-state index contributed by atoms with van der Waals surface area (Å²) in [5, 5.41) is 12.6. The first-order valence-electron chi connectivity index (χ1n) is 19.2. The van der Waals surface area contributed by atoms with E-state index in [1.54, 1.807) is 0 Å². The van der Waals surface area contributed by atoms with Crippen molar-refractivity contribution in [1.82, 2.24) is 0 Å². The fourth-order valence-electron chi connectivity index (χ4n) is 9.00. The van der Waals surface area contributed by atoms with Crippen molar-refractivity contribution in [3.8, 4) is 44.5 Å². The number of thiophene rings is 1. The maximum absolute atomic E-state index is 6.43. The Morgan fingerprint density at radius 2 is 0.768 bits per heavy atom. The predicted octanol–water partition coefficient (Wildman–Crippen LogP) is 16.1. The first-order chi connectivity index (χ1) is 27.7. The molecule has 0 N–H and O–H groups in total. The first-order valence-corrected chi connectivity index (χ1v) is 20.0. The average Bonchev–Trinajstić information content (AvgIpc) is 3.85. The number of hydrogen-bond donors (Lipinski definition) is 0. The summed E-state index contributed by atoms with van der Waals surface area (Å²) in [6, 6.07) is 71.0. The maximum atomic E-state index is 6.43. The Bertz CT molecular complexity index is 3350. The maximum Gasteiger partial charge on any atom is 0.143 e. The number of para-hydroxylation sites is 2. The fourth-order valence-corrected chi connectivity index (χ4v) is 10.2. The number of benzene rings is 10. The highest BCUT2D eigenvalue weighted by Crippen LogP contribution is 2.43. The van der Waals surface area contributed by atoms with Crippen molar-refractivity contribution in [3.05, 3.63) is 194 Å². The molecule has 0 aliphatic heterocycles. The molecule has 0 fully saturated rings. The molecule has 260 valence electrons. The van der Waals surface area contributed by atoms with Gasteiger partial charge in [0.15, 0.2) is 0 Å². The largest absolute Gasteiger partial charge is 0.455 e. The summed E-state index contributed by atoms with van der Waals surface area (Å²) < 4.78 is 9.10. The first kappa shape index (κ1) is 31.4. The summed E-state index contributed by atoms with van der Waals surface area (Å²) in [7, 11) is 0. The normalized spacial score (nSPS) is 11.9. The van der Waals surface area contributed by atoms with E-state index in [1.165, 1.54) is 85.9 Å². The molecule has 0 saturated heterocycles. The monoisotopic (exact) mass is 728 g/mol. The molecule has 0 bridgehead atoms. The Hall–Kier alpha value is -7.00. The second-order valence-corrected chi connectivity index (χ2v) is 15.8. The zero-order valence-electron chi connectivity index (χ0n) is 30.3. The third-order valence-electron chi connectivity index (χ3n) is 11.7. The van der Waals surface area contributed by atoms with Gasteiger partial charge in [-0.1, -0.05) is 158 Å². The van der Waals surface area contributed by atoms with Crippen molar-refractivity contribution in [2.24, 2.45) is 0 Å². The second-order valence-electron chi connectivity index (χ2n) is 14.8. The van der Waals surface area contributed by atoms with Gasteiger partial charge in [-0.3, -0.25) is 0 Å². The van der Waals surface area contributed by atoms with E-state index in [1.807, 2.05) is 23.5 Å². The third kappa shape index (κ3) is 4.80. The molecule has 0 spiro atoms. The molecule has 0 saturated carbocycles. The standard InChI is InChI=1S/C54H32OS/c1-2-16-42-41(15-1)43-27-25-35(34-12-8-14-38(30-34)40-20-10-22-48-46-18-4-6-24-52(46)56-54(40)48)32-50(43)44-28-26-36(31-49(42)44)33-11-7-13-37(29-33)39-19-9-21-47-45-17-3-5-23-51(45)55-53(39)47/h1-32H. The van der Waals surface area contributed by atoms with E-state index in [-0.39, 0.29) is 0 Å². The lowest BCUT2D eigenvalue weighted by Crippen LogP contribution is -1.87. The van der Waals surface area contributed by atoms with Crippen molar-refractivity contribution >= 4 is 85.8 Å². The van der Waals surface area contributed by atoms with Gasteiger partial charge in [-0.15, -0.1) is 11.3 Å². The van der Waals surface area contributed by atoms with Crippen LogP contribution in [-0.2, 0) is 0 Å². The topological polar surface area (TPSA) is 13.1 Å². The summed E-state index contributed by atoms with van der Waals surface area (Å²) in [5.41, 5.74) is 11.4. The second kappa shape index (κ2) is 12.3. The van der Waals surface area contributed by atoms with Gasteiger partial charge in [-0.05, 0) is 108 Å². The van der Waals surface area contributed by atoms with E-state index >= 15 is 0 Å². The molecule has 2 heteroatoms. The van der Waals surface area contributed by atoms with Crippen molar-refractivity contribution in [2.75, 3.05) is 0 Å². The van der Waals surface area contributed by atoms with Gasteiger partial charge < -0.3 is 4.42 Å². The summed E-state index contributed by atoms with van der Waals surface area (Å²) >= 11 is 1.88. The highest BCUT2D eigenvalue weighted by atomic mass is 32.1. The van der Waals surface area contributed by atoms with Crippen LogP contribution in [0.5, 0.6) is 0 Å². The molecule has 2 heterocycles. The predicted molar refractivity (Wildman–Crippen MR) is 241 cm³/mol. The van der Waals surface area contributed by atoms with Gasteiger partial charge in [-0.2, -0.15) is 0 Å². The van der Waals surface area contributed by atoms with Crippen LogP contribution < -0.4 is 0 Å². The average molecular weight is 729 g/mol. The van der Waals surface area contributed by atoms with Crippen LogP contribution in [0.25, 0.3) is 119 Å². The van der Waals surface area contributed by atoms with E-state index in [4.69, 9.17) is 4.42 Å². The SMILES string of the molecule is c1cc(-c2ccc3c(c2)c2ccccc2c2ccc(-c4cccc(-c5cccc6c5sc5ccccc56)c4)cc23)cc(-c2cccc3c2oc2ccccc23)c1. The summed E-state index contributed by atoms with van der Waals surface area (Å²) in [6.45, 7) is 0. The van der Waals surface area contributed by atoms with E-state index in [0.29, 0.717) is 0 Å². The quantitative estimate of drug-likeness (QED) is 0.165. The van der Waals surface area contributed by atoms with Crippen LogP contribution in [0.15, 0.2) is 199 Å². The number of rotatable bonds is 4. The number of furan rings is 1. The minimum Gasteiger partial charge on any atom is -0.455 e. The number of fused-ring (bicyclic) bond motifs is 12. The zero-order chi connectivity index (χ0) is 36.7. The van der Waals surface area contributed by atoms with Gasteiger partial charge in [0.25, 0.3) is 0 Å². The zero-order valence-corrected chi connectivity index (χ0v) is 31.1. The van der Waals surface area contributed by atoms with Gasteiger partial charge in [-0.25, -0.2) is 0 Å². The Labute approximate surface area is 327 Å². The fraction of sp³-hybridized carbons (Fsp3) is 0. The molecule has 0 amide bonds. The van der Waals surface area contributed by atoms with Crippen LogP contribution in [0.4, 0.5) is 0 Å². The molecule has 0 radical (unpaired) electrons. The molecule has 0 unspecified atom stereocenters. The highest BCUT2D eigenvalue weighted by molar-refractivity contribution is 7.26.